The predicted octanol–water partition coefficient (Wildman–Crippen LogP) is 2.95. The number of amides is 1. The van der Waals surface area contributed by atoms with Gasteiger partial charge >= 0.3 is 6.09 Å². The Bertz CT molecular complexity index is 341. The summed E-state index contributed by atoms with van der Waals surface area (Å²) in [6, 6.07) is 7.65. The molecule has 1 aromatic rings. The molecule has 0 aromatic heterocycles. The first-order valence-electron chi connectivity index (χ1n) is 5.24. The van der Waals surface area contributed by atoms with Gasteiger partial charge in [-0.3, -0.25) is 5.32 Å². The molecule has 1 saturated carbocycles. The minimum absolute atomic E-state index is 0.356. The number of anilines is 1. The van der Waals surface area contributed by atoms with Gasteiger partial charge in [-0.1, -0.05) is 17.7 Å². The van der Waals surface area contributed by atoms with Crippen molar-refractivity contribution in [2.24, 2.45) is 5.92 Å². The van der Waals surface area contributed by atoms with E-state index in [4.69, 9.17) is 4.74 Å². The zero-order valence-corrected chi connectivity index (χ0v) is 8.82. The molecule has 15 heavy (non-hydrogen) atoms. The molecule has 3 heteroatoms. The maximum atomic E-state index is 11.3. The molecule has 0 spiro atoms. The van der Waals surface area contributed by atoms with Gasteiger partial charge in [-0.2, -0.15) is 0 Å². The molecule has 0 atom stereocenters. The first-order valence-corrected chi connectivity index (χ1v) is 5.24. The van der Waals surface area contributed by atoms with Gasteiger partial charge in [0.2, 0.25) is 0 Å². The smallest absolute Gasteiger partial charge is 0.411 e. The van der Waals surface area contributed by atoms with Gasteiger partial charge in [0.25, 0.3) is 0 Å². The second-order valence-electron chi connectivity index (χ2n) is 4.03. The zero-order chi connectivity index (χ0) is 10.7. The van der Waals surface area contributed by atoms with E-state index < -0.39 is 0 Å². The number of carbonyl (C=O) groups is 1. The van der Waals surface area contributed by atoms with Crippen molar-refractivity contribution in [3.63, 3.8) is 0 Å². The Morgan fingerprint density at radius 2 is 2.07 bits per heavy atom. The van der Waals surface area contributed by atoms with Gasteiger partial charge < -0.3 is 4.74 Å². The predicted molar refractivity (Wildman–Crippen MR) is 58.9 cm³/mol. The van der Waals surface area contributed by atoms with Crippen LogP contribution < -0.4 is 5.32 Å². The highest BCUT2D eigenvalue weighted by atomic mass is 16.5. The van der Waals surface area contributed by atoms with Crippen molar-refractivity contribution >= 4 is 11.8 Å². The van der Waals surface area contributed by atoms with Crippen molar-refractivity contribution in [3.8, 4) is 0 Å². The highest BCUT2D eigenvalue weighted by molar-refractivity contribution is 5.84. The van der Waals surface area contributed by atoms with Crippen LogP contribution in [0.2, 0.25) is 0 Å². The summed E-state index contributed by atoms with van der Waals surface area (Å²) in [4.78, 5) is 11.3. The van der Waals surface area contributed by atoms with Crippen LogP contribution in [0.5, 0.6) is 0 Å². The maximum Gasteiger partial charge on any atom is 0.411 e. The average Bonchev–Trinajstić information content (AvgIpc) is 3.02. The summed E-state index contributed by atoms with van der Waals surface area (Å²) in [6.45, 7) is 2.56. The third-order valence-corrected chi connectivity index (χ3v) is 2.45. The summed E-state index contributed by atoms with van der Waals surface area (Å²) in [5.41, 5.74) is 1.95. The summed E-state index contributed by atoms with van der Waals surface area (Å²) >= 11 is 0. The topological polar surface area (TPSA) is 38.3 Å². The second-order valence-corrected chi connectivity index (χ2v) is 4.03. The normalized spacial score (nSPS) is 14.7. The highest BCUT2D eigenvalue weighted by Crippen LogP contribution is 2.28. The Hall–Kier alpha value is -1.51. The van der Waals surface area contributed by atoms with Crippen molar-refractivity contribution < 1.29 is 9.53 Å². The van der Waals surface area contributed by atoms with Crippen molar-refractivity contribution in [2.75, 3.05) is 11.9 Å². The number of rotatable bonds is 3. The molecular formula is C12H15NO2. The number of nitrogens with one attached hydrogen (secondary N) is 1. The lowest BCUT2D eigenvalue weighted by Gasteiger charge is -2.06. The molecule has 80 valence electrons. The van der Waals surface area contributed by atoms with Crippen LogP contribution in [0.1, 0.15) is 18.4 Å². The molecule has 0 heterocycles. The Morgan fingerprint density at radius 3 is 2.67 bits per heavy atom. The molecule has 1 N–H and O–H groups in total. The lowest BCUT2D eigenvalue weighted by atomic mass is 10.2. The Morgan fingerprint density at radius 1 is 1.40 bits per heavy atom. The Balaban J connectivity index is 1.79. The number of ether oxygens (including phenoxy) is 1. The number of aryl methyl sites for hydroxylation is 1. The summed E-state index contributed by atoms with van der Waals surface area (Å²) in [7, 11) is 0. The molecule has 0 aliphatic heterocycles. The fourth-order valence-corrected chi connectivity index (χ4v) is 1.27. The van der Waals surface area contributed by atoms with Gasteiger partial charge in [0.15, 0.2) is 0 Å². The first kappa shape index (κ1) is 10.0. The quantitative estimate of drug-likeness (QED) is 0.823. The monoisotopic (exact) mass is 205 g/mol. The van der Waals surface area contributed by atoms with E-state index in [1.807, 2.05) is 31.2 Å². The van der Waals surface area contributed by atoms with Crippen LogP contribution in [-0.4, -0.2) is 12.7 Å². The molecule has 0 unspecified atom stereocenters. The van der Waals surface area contributed by atoms with Crippen molar-refractivity contribution in [2.45, 2.75) is 19.8 Å². The van der Waals surface area contributed by atoms with Gasteiger partial charge in [-0.25, -0.2) is 4.79 Å². The summed E-state index contributed by atoms with van der Waals surface area (Å²) < 4.78 is 5.05. The van der Waals surface area contributed by atoms with Crippen LogP contribution in [0, 0.1) is 12.8 Å². The van der Waals surface area contributed by atoms with Crippen LogP contribution in [-0.2, 0) is 4.74 Å². The van der Waals surface area contributed by atoms with E-state index in [0.717, 1.165) is 5.69 Å². The minimum Gasteiger partial charge on any atom is -0.449 e. The third kappa shape index (κ3) is 3.27. The first-order chi connectivity index (χ1) is 7.24. The van der Waals surface area contributed by atoms with Crippen LogP contribution in [0.15, 0.2) is 24.3 Å². The molecule has 2 rings (SSSR count). The third-order valence-electron chi connectivity index (χ3n) is 2.45. The standard InChI is InChI=1S/C12H15NO2/c1-9-2-6-11(7-3-9)13-12(14)15-8-10-4-5-10/h2-3,6-7,10H,4-5,8H2,1H3,(H,13,14). The molecule has 0 radical (unpaired) electrons. The fourth-order valence-electron chi connectivity index (χ4n) is 1.27. The van der Waals surface area contributed by atoms with Gasteiger partial charge in [-0.15, -0.1) is 0 Å². The molecule has 1 aliphatic carbocycles. The van der Waals surface area contributed by atoms with E-state index in [2.05, 4.69) is 5.32 Å². The average molecular weight is 205 g/mol. The van der Waals surface area contributed by atoms with Gasteiger partial charge in [0.05, 0.1) is 6.61 Å². The zero-order valence-electron chi connectivity index (χ0n) is 8.82. The molecule has 3 nitrogen and oxygen atoms in total. The molecule has 1 aliphatic rings. The molecule has 1 aromatic carbocycles. The fraction of sp³-hybridized carbons (Fsp3) is 0.417. The number of benzene rings is 1. The summed E-state index contributed by atoms with van der Waals surface area (Å²) in [5, 5.41) is 2.69. The van der Waals surface area contributed by atoms with E-state index in [1.54, 1.807) is 0 Å². The molecule has 1 amide bonds. The van der Waals surface area contributed by atoms with Gasteiger partial charge in [0.1, 0.15) is 0 Å². The second kappa shape index (κ2) is 4.34. The largest absolute Gasteiger partial charge is 0.449 e. The van der Waals surface area contributed by atoms with Gasteiger partial charge in [0, 0.05) is 5.69 Å². The molecule has 0 saturated heterocycles. The van der Waals surface area contributed by atoms with Crippen molar-refractivity contribution in [1.29, 1.82) is 0 Å². The summed E-state index contributed by atoms with van der Waals surface area (Å²) in [5.74, 6) is 0.605. The number of carbonyl (C=O) groups excluding carboxylic acids is 1. The van der Waals surface area contributed by atoms with E-state index in [0.29, 0.717) is 12.5 Å². The molecule has 0 bridgehead atoms. The van der Waals surface area contributed by atoms with Crippen LogP contribution in [0.3, 0.4) is 0 Å². The van der Waals surface area contributed by atoms with Crippen molar-refractivity contribution in [3.05, 3.63) is 29.8 Å². The SMILES string of the molecule is Cc1ccc(NC(=O)OCC2CC2)cc1. The highest BCUT2D eigenvalue weighted by Gasteiger charge is 2.22. The number of hydrogen-bond acceptors (Lipinski definition) is 2. The lowest BCUT2D eigenvalue weighted by Crippen LogP contribution is -2.14. The summed E-state index contributed by atoms with van der Waals surface area (Å²) in [6.07, 6.45) is 2.03. The molecule has 1 fully saturated rings. The molecular weight excluding hydrogens is 190 g/mol. The van der Waals surface area contributed by atoms with Crippen LogP contribution in [0.4, 0.5) is 10.5 Å². The Labute approximate surface area is 89.4 Å². The van der Waals surface area contributed by atoms with E-state index in [1.165, 1.54) is 18.4 Å². The minimum atomic E-state index is -0.356. The maximum absolute atomic E-state index is 11.3. The van der Waals surface area contributed by atoms with E-state index >= 15 is 0 Å². The van der Waals surface area contributed by atoms with Crippen molar-refractivity contribution in [1.82, 2.24) is 0 Å². The van der Waals surface area contributed by atoms with Crippen LogP contribution in [0.25, 0.3) is 0 Å². The van der Waals surface area contributed by atoms with Crippen LogP contribution >= 0.6 is 0 Å². The Kier molecular flexibility index (Phi) is 2.90. The van der Waals surface area contributed by atoms with E-state index in [9.17, 15) is 4.79 Å². The van der Waals surface area contributed by atoms with E-state index in [-0.39, 0.29) is 6.09 Å². The number of hydrogen-bond donors (Lipinski definition) is 1. The van der Waals surface area contributed by atoms with Gasteiger partial charge in [-0.05, 0) is 37.8 Å². The lowest BCUT2D eigenvalue weighted by molar-refractivity contribution is 0.156.